The zero-order valence-electron chi connectivity index (χ0n) is 26.2. The lowest BCUT2D eigenvalue weighted by Crippen LogP contribution is -2.54. The van der Waals surface area contributed by atoms with E-state index in [0.29, 0.717) is 36.6 Å². The van der Waals surface area contributed by atoms with E-state index in [1.54, 1.807) is 48.3 Å². The molecule has 0 saturated heterocycles. The lowest BCUT2D eigenvalue weighted by atomic mass is 9.93. The van der Waals surface area contributed by atoms with Crippen LogP contribution in [0.15, 0.2) is 66.7 Å². The quantitative estimate of drug-likeness (QED) is 0.373. The predicted octanol–water partition coefficient (Wildman–Crippen LogP) is 4.10. The Labute approximate surface area is 274 Å². The number of sulfonamides is 1. The first-order valence-corrected chi connectivity index (χ1v) is 17.7. The molecule has 2 aromatic carbocycles. The number of ether oxygens (including phenoxy) is 2. The number of allylic oxidation sites excluding steroid dienone is 1. The molecule has 3 saturated carbocycles. The number of carbonyl (C=O) groups excluding carboxylic acids is 4. The molecule has 0 radical (unpaired) electrons. The largest absolute Gasteiger partial charge is 0.455 e. The molecule has 3 aliphatic carbocycles. The summed E-state index contributed by atoms with van der Waals surface area (Å²) in [5.41, 5.74) is -1.05. The number of nitrogens with zero attached hydrogens (tertiary/aromatic N) is 1. The van der Waals surface area contributed by atoms with Gasteiger partial charge in [0.2, 0.25) is 21.8 Å². The second-order valence-electron chi connectivity index (χ2n) is 12.9. The van der Waals surface area contributed by atoms with Crippen LogP contribution in [0, 0.1) is 17.8 Å². The Kier molecular flexibility index (Phi) is 9.27. The van der Waals surface area contributed by atoms with Crippen LogP contribution < -0.4 is 20.1 Å². The highest BCUT2D eigenvalue weighted by molar-refractivity contribution is 7.91. The van der Waals surface area contributed by atoms with Gasteiger partial charge in [-0.3, -0.25) is 24.4 Å². The zero-order chi connectivity index (χ0) is 33.2. The zero-order valence-corrected chi connectivity index (χ0v) is 27.0. The fourth-order valence-corrected chi connectivity index (χ4v) is 7.82. The molecule has 4 aliphatic rings. The van der Waals surface area contributed by atoms with Gasteiger partial charge in [0.05, 0.1) is 22.8 Å². The molecule has 6 rings (SSSR count). The van der Waals surface area contributed by atoms with E-state index in [2.05, 4.69) is 15.4 Å². The van der Waals surface area contributed by atoms with Crippen LogP contribution in [-0.4, -0.2) is 67.6 Å². The van der Waals surface area contributed by atoms with E-state index in [1.807, 2.05) is 30.4 Å². The van der Waals surface area contributed by atoms with E-state index in [0.717, 1.165) is 19.3 Å². The molecule has 1 aliphatic heterocycles. The molecule has 250 valence electrons. The van der Waals surface area contributed by atoms with Crippen LogP contribution in [0.2, 0.25) is 0 Å². The summed E-state index contributed by atoms with van der Waals surface area (Å²) in [4.78, 5) is 55.7. The number of carbonyl (C=O) groups is 4. The van der Waals surface area contributed by atoms with Crippen molar-refractivity contribution in [2.75, 3.05) is 18.9 Å². The van der Waals surface area contributed by atoms with Crippen molar-refractivity contribution in [3.63, 3.8) is 0 Å². The minimum absolute atomic E-state index is 0.0598. The molecule has 0 bridgehead atoms. The Hall–Kier alpha value is -4.39. The number of rotatable bonds is 7. The molecule has 2 aromatic rings. The highest BCUT2D eigenvalue weighted by Gasteiger charge is 2.62. The lowest BCUT2D eigenvalue weighted by Gasteiger charge is -2.26. The average molecular weight is 665 g/mol. The van der Waals surface area contributed by atoms with Crippen LogP contribution >= 0.6 is 0 Å². The number of benzene rings is 2. The molecule has 47 heavy (non-hydrogen) atoms. The highest BCUT2D eigenvalue weighted by atomic mass is 32.2. The number of para-hydroxylation sites is 3. The number of hydrogen-bond donors (Lipinski definition) is 3. The van der Waals surface area contributed by atoms with Gasteiger partial charge >= 0.3 is 6.09 Å². The lowest BCUT2D eigenvalue weighted by molar-refractivity contribution is -0.140. The van der Waals surface area contributed by atoms with Gasteiger partial charge in [-0.15, -0.1) is 0 Å². The maximum Gasteiger partial charge on any atom is 0.412 e. The molecule has 5 atom stereocenters. The molecule has 0 aromatic heterocycles. The maximum atomic E-state index is 13.9. The fourth-order valence-electron chi connectivity index (χ4n) is 6.46. The molecule has 3 N–H and O–H groups in total. The van der Waals surface area contributed by atoms with Crippen molar-refractivity contribution < 1.29 is 37.1 Å². The van der Waals surface area contributed by atoms with Crippen LogP contribution in [0.5, 0.6) is 11.5 Å². The van der Waals surface area contributed by atoms with E-state index >= 15 is 0 Å². The third-order valence-electron chi connectivity index (χ3n) is 9.37. The maximum absolute atomic E-state index is 13.9. The van der Waals surface area contributed by atoms with E-state index in [9.17, 15) is 27.6 Å². The van der Waals surface area contributed by atoms with Crippen molar-refractivity contribution in [3.8, 4) is 11.5 Å². The van der Waals surface area contributed by atoms with E-state index in [-0.39, 0.29) is 31.1 Å². The molecular formula is C34H40N4O8S. The molecule has 1 heterocycles. The van der Waals surface area contributed by atoms with Crippen molar-refractivity contribution in [2.24, 2.45) is 17.8 Å². The predicted molar refractivity (Wildman–Crippen MR) is 173 cm³/mol. The first kappa shape index (κ1) is 32.5. The monoisotopic (exact) mass is 664 g/mol. The Morgan fingerprint density at radius 2 is 1.70 bits per heavy atom. The molecule has 12 nitrogen and oxygen atoms in total. The van der Waals surface area contributed by atoms with Crippen LogP contribution in [0.4, 0.5) is 10.5 Å². The minimum atomic E-state index is -3.84. The Morgan fingerprint density at radius 1 is 0.979 bits per heavy atom. The van der Waals surface area contributed by atoms with Crippen molar-refractivity contribution in [3.05, 3.63) is 66.7 Å². The summed E-state index contributed by atoms with van der Waals surface area (Å²) < 4.78 is 39.1. The molecule has 3 fully saturated rings. The number of anilines is 1. The van der Waals surface area contributed by atoms with Gasteiger partial charge in [-0.05, 0) is 75.6 Å². The van der Waals surface area contributed by atoms with Gasteiger partial charge in [0, 0.05) is 19.5 Å². The van der Waals surface area contributed by atoms with Crippen molar-refractivity contribution in [2.45, 2.75) is 68.3 Å². The summed E-state index contributed by atoms with van der Waals surface area (Å²) in [6, 6.07) is 16.0. The number of fused-ring (bicyclic) bond motifs is 2. The fraction of sp³-hybridized carbons (Fsp3) is 0.471. The van der Waals surface area contributed by atoms with E-state index in [4.69, 9.17) is 9.47 Å². The van der Waals surface area contributed by atoms with Gasteiger partial charge in [0.25, 0.3) is 5.91 Å². The molecule has 0 spiro atoms. The second kappa shape index (κ2) is 13.4. The topological polar surface area (TPSA) is 160 Å². The smallest absolute Gasteiger partial charge is 0.412 e. The first-order chi connectivity index (χ1) is 22.6. The third-order valence-corrected chi connectivity index (χ3v) is 11.2. The summed E-state index contributed by atoms with van der Waals surface area (Å²) >= 11 is 0. The SMILES string of the molecule is CN1CCCCC=CC2CC2(C(=O)NS(=O)(=O)C2CC2)NC(=O)C2CC(OC(=O)Nc3ccccc3Oc3ccccc3)CC2C1=O. The molecule has 4 amide bonds. The summed E-state index contributed by atoms with van der Waals surface area (Å²) in [5.74, 6) is -2.62. The minimum Gasteiger partial charge on any atom is -0.455 e. The van der Waals surface area contributed by atoms with Crippen LogP contribution in [-0.2, 0) is 29.1 Å². The van der Waals surface area contributed by atoms with E-state index in [1.165, 1.54) is 0 Å². The van der Waals surface area contributed by atoms with Gasteiger partial charge in [0.1, 0.15) is 17.4 Å². The highest BCUT2D eigenvalue weighted by Crippen LogP contribution is 2.47. The number of hydrogen-bond acceptors (Lipinski definition) is 8. The van der Waals surface area contributed by atoms with Gasteiger partial charge in [-0.2, -0.15) is 0 Å². The van der Waals surface area contributed by atoms with Crippen LogP contribution in [0.3, 0.4) is 0 Å². The van der Waals surface area contributed by atoms with Crippen molar-refractivity contribution in [1.82, 2.24) is 14.9 Å². The van der Waals surface area contributed by atoms with Gasteiger partial charge < -0.3 is 19.7 Å². The normalized spacial score (nSPS) is 27.8. The van der Waals surface area contributed by atoms with Gasteiger partial charge in [-0.1, -0.05) is 42.5 Å². The van der Waals surface area contributed by atoms with Crippen molar-refractivity contribution >= 4 is 39.5 Å². The summed E-state index contributed by atoms with van der Waals surface area (Å²) in [7, 11) is -2.14. The van der Waals surface area contributed by atoms with E-state index < -0.39 is 56.7 Å². The summed E-state index contributed by atoms with van der Waals surface area (Å²) in [6.45, 7) is 0.510. The van der Waals surface area contributed by atoms with Crippen LogP contribution in [0.1, 0.15) is 51.4 Å². The Balaban J connectivity index is 1.18. The number of nitrogens with one attached hydrogen (secondary N) is 3. The van der Waals surface area contributed by atoms with Crippen LogP contribution in [0.25, 0.3) is 0 Å². The third kappa shape index (κ3) is 7.45. The number of amides is 4. The Morgan fingerprint density at radius 3 is 2.47 bits per heavy atom. The van der Waals surface area contributed by atoms with Gasteiger partial charge in [-0.25, -0.2) is 13.2 Å². The summed E-state index contributed by atoms with van der Waals surface area (Å²) in [6.07, 6.45) is 5.98. The van der Waals surface area contributed by atoms with Crippen molar-refractivity contribution in [1.29, 1.82) is 0 Å². The van der Waals surface area contributed by atoms with Gasteiger partial charge in [0.15, 0.2) is 5.75 Å². The molecule has 5 unspecified atom stereocenters. The first-order valence-electron chi connectivity index (χ1n) is 16.1. The molecule has 13 heteroatoms. The second-order valence-corrected chi connectivity index (χ2v) is 14.8. The standard InChI is InChI=1S/C34H40N4O8S/c1-38-18-10-3-2-5-11-22-21-34(22,32(41)37-47(43,44)25-16-17-25)36-30(39)26-19-24(20-27(26)31(38)40)46-33(42)35-28-14-8-9-15-29(28)45-23-12-6-4-7-13-23/h4-9,11-15,22,24-27H,2-3,10,16-21H2,1H3,(H,35,42)(H,36,39)(H,37,41). The summed E-state index contributed by atoms with van der Waals surface area (Å²) in [5, 5.41) is 4.96. The molecular weight excluding hydrogens is 624 g/mol. The average Bonchev–Trinajstić information content (AvgIpc) is 3.97. The Bertz CT molecular complexity index is 1660.